The maximum Gasteiger partial charge on any atom is 0.157 e. The molecule has 0 amide bonds. The first-order valence-corrected chi connectivity index (χ1v) is 5.56. The fourth-order valence-corrected chi connectivity index (χ4v) is 1.79. The van der Waals surface area contributed by atoms with Gasteiger partial charge in [-0.05, 0) is 39.3 Å². The smallest absolute Gasteiger partial charge is 0.157 e. The number of hydrogen-bond donors (Lipinski definition) is 0. The summed E-state index contributed by atoms with van der Waals surface area (Å²) in [5.74, 6) is 0.579. The predicted octanol–water partition coefficient (Wildman–Crippen LogP) is 1.73. The van der Waals surface area contributed by atoms with Crippen molar-refractivity contribution >= 4 is 0 Å². The van der Waals surface area contributed by atoms with Gasteiger partial charge in [0.05, 0.1) is 6.61 Å². The van der Waals surface area contributed by atoms with Crippen molar-refractivity contribution in [2.45, 2.75) is 32.5 Å². The molecule has 0 radical (unpaired) electrons. The molecule has 0 aromatic heterocycles. The van der Waals surface area contributed by atoms with Gasteiger partial charge in [0.25, 0.3) is 0 Å². The van der Waals surface area contributed by atoms with Gasteiger partial charge in [0, 0.05) is 13.2 Å². The molecule has 3 heteroatoms. The first kappa shape index (κ1) is 12.0. The van der Waals surface area contributed by atoms with Crippen LogP contribution in [0.3, 0.4) is 0 Å². The molecule has 1 saturated heterocycles. The van der Waals surface area contributed by atoms with E-state index in [2.05, 4.69) is 25.9 Å². The molecule has 0 saturated carbocycles. The van der Waals surface area contributed by atoms with Crippen molar-refractivity contribution in [3.63, 3.8) is 0 Å². The summed E-state index contributed by atoms with van der Waals surface area (Å²) in [6.45, 7) is 4.96. The zero-order chi connectivity index (χ0) is 10.4. The lowest BCUT2D eigenvalue weighted by atomic mass is 10.2. The van der Waals surface area contributed by atoms with E-state index in [1.807, 2.05) is 0 Å². The quantitative estimate of drug-likeness (QED) is 0.676. The fraction of sp³-hybridized carbons (Fsp3) is 1.00. The number of nitrogens with zero attached hydrogens (tertiary/aromatic N) is 1. The van der Waals surface area contributed by atoms with Gasteiger partial charge >= 0.3 is 0 Å². The molecule has 2 unspecified atom stereocenters. The summed E-state index contributed by atoms with van der Waals surface area (Å²) >= 11 is 0. The maximum absolute atomic E-state index is 5.70. The molecule has 0 bridgehead atoms. The molecule has 0 N–H and O–H groups in total. The Balaban J connectivity index is 2.06. The minimum absolute atomic E-state index is 0.0633. The van der Waals surface area contributed by atoms with Gasteiger partial charge < -0.3 is 14.4 Å². The maximum atomic E-state index is 5.70. The molecule has 1 heterocycles. The van der Waals surface area contributed by atoms with Crippen molar-refractivity contribution in [3.8, 4) is 0 Å². The number of hydrogen-bond acceptors (Lipinski definition) is 3. The van der Waals surface area contributed by atoms with Crippen LogP contribution in [0.5, 0.6) is 0 Å². The van der Waals surface area contributed by atoms with Gasteiger partial charge in [0.15, 0.2) is 6.29 Å². The van der Waals surface area contributed by atoms with E-state index in [-0.39, 0.29) is 6.29 Å². The second-order valence-electron chi connectivity index (χ2n) is 4.50. The Labute approximate surface area is 87.4 Å². The minimum Gasteiger partial charge on any atom is -0.353 e. The summed E-state index contributed by atoms with van der Waals surface area (Å²) in [5.41, 5.74) is 0. The summed E-state index contributed by atoms with van der Waals surface area (Å²) in [5, 5.41) is 0. The van der Waals surface area contributed by atoms with Crippen LogP contribution in [0.4, 0.5) is 0 Å². The Morgan fingerprint density at radius 3 is 2.79 bits per heavy atom. The Morgan fingerprint density at radius 2 is 2.21 bits per heavy atom. The van der Waals surface area contributed by atoms with E-state index >= 15 is 0 Å². The van der Waals surface area contributed by atoms with Crippen LogP contribution in [-0.4, -0.2) is 45.0 Å². The highest BCUT2D eigenvalue weighted by Gasteiger charge is 2.15. The Hall–Kier alpha value is -0.120. The molecule has 0 aromatic carbocycles. The molecule has 0 spiro atoms. The SMILES string of the molecule is CC(COC1CCCCO1)CN(C)C. The van der Waals surface area contributed by atoms with E-state index in [0.717, 1.165) is 26.2 Å². The predicted molar refractivity (Wildman–Crippen MR) is 57.3 cm³/mol. The van der Waals surface area contributed by atoms with Gasteiger partial charge in [-0.2, -0.15) is 0 Å². The third-order valence-electron chi connectivity index (χ3n) is 2.38. The van der Waals surface area contributed by atoms with Crippen LogP contribution >= 0.6 is 0 Å². The van der Waals surface area contributed by atoms with E-state index in [9.17, 15) is 0 Å². The highest BCUT2D eigenvalue weighted by Crippen LogP contribution is 2.14. The van der Waals surface area contributed by atoms with E-state index in [1.165, 1.54) is 12.8 Å². The van der Waals surface area contributed by atoms with Crippen molar-refractivity contribution in [1.29, 1.82) is 0 Å². The highest BCUT2D eigenvalue weighted by molar-refractivity contribution is 4.58. The average molecular weight is 201 g/mol. The zero-order valence-corrected chi connectivity index (χ0v) is 9.66. The molecular weight excluding hydrogens is 178 g/mol. The number of rotatable bonds is 5. The van der Waals surface area contributed by atoms with Crippen molar-refractivity contribution in [3.05, 3.63) is 0 Å². The molecule has 1 fully saturated rings. The lowest BCUT2D eigenvalue weighted by molar-refractivity contribution is -0.168. The molecule has 1 rings (SSSR count). The number of ether oxygens (including phenoxy) is 2. The normalized spacial score (nSPS) is 25.3. The third kappa shape index (κ3) is 4.94. The molecule has 3 nitrogen and oxygen atoms in total. The molecule has 84 valence electrons. The van der Waals surface area contributed by atoms with Crippen LogP contribution in [-0.2, 0) is 9.47 Å². The first-order chi connectivity index (χ1) is 6.68. The van der Waals surface area contributed by atoms with E-state index < -0.39 is 0 Å². The minimum atomic E-state index is 0.0633. The van der Waals surface area contributed by atoms with Crippen LogP contribution in [0.1, 0.15) is 26.2 Å². The third-order valence-corrected chi connectivity index (χ3v) is 2.38. The summed E-state index contributed by atoms with van der Waals surface area (Å²) in [6.07, 6.45) is 3.56. The molecule has 1 aliphatic rings. The van der Waals surface area contributed by atoms with Gasteiger partial charge in [0.1, 0.15) is 0 Å². The topological polar surface area (TPSA) is 21.7 Å². The monoisotopic (exact) mass is 201 g/mol. The molecule has 2 atom stereocenters. The first-order valence-electron chi connectivity index (χ1n) is 5.56. The Morgan fingerprint density at radius 1 is 1.43 bits per heavy atom. The van der Waals surface area contributed by atoms with Gasteiger partial charge in [-0.1, -0.05) is 6.92 Å². The second kappa shape index (κ2) is 6.38. The van der Waals surface area contributed by atoms with E-state index in [1.54, 1.807) is 0 Å². The van der Waals surface area contributed by atoms with E-state index in [0.29, 0.717) is 5.92 Å². The standard InChI is InChI=1S/C11H23NO2/c1-10(8-12(2)3)9-14-11-6-4-5-7-13-11/h10-11H,4-9H2,1-3H3. The average Bonchev–Trinajstić information content (AvgIpc) is 2.15. The summed E-state index contributed by atoms with van der Waals surface area (Å²) in [7, 11) is 4.18. The molecular formula is C11H23NO2. The van der Waals surface area contributed by atoms with Crippen molar-refractivity contribution in [2.75, 3.05) is 33.9 Å². The van der Waals surface area contributed by atoms with Crippen LogP contribution in [0.2, 0.25) is 0 Å². The summed E-state index contributed by atoms with van der Waals surface area (Å²) in [6, 6.07) is 0. The fourth-order valence-electron chi connectivity index (χ4n) is 1.79. The van der Waals surface area contributed by atoms with Crippen LogP contribution < -0.4 is 0 Å². The lowest BCUT2D eigenvalue weighted by Crippen LogP contribution is -2.28. The van der Waals surface area contributed by atoms with Crippen LogP contribution in [0, 0.1) is 5.92 Å². The van der Waals surface area contributed by atoms with Crippen molar-refractivity contribution in [1.82, 2.24) is 4.90 Å². The molecule has 0 aromatic rings. The Kier molecular flexibility index (Phi) is 5.45. The van der Waals surface area contributed by atoms with Gasteiger partial charge in [-0.25, -0.2) is 0 Å². The largest absolute Gasteiger partial charge is 0.353 e. The molecule has 14 heavy (non-hydrogen) atoms. The van der Waals surface area contributed by atoms with Crippen LogP contribution in [0.15, 0.2) is 0 Å². The summed E-state index contributed by atoms with van der Waals surface area (Å²) < 4.78 is 11.2. The lowest BCUT2D eigenvalue weighted by Gasteiger charge is -2.25. The van der Waals surface area contributed by atoms with Crippen LogP contribution in [0.25, 0.3) is 0 Å². The van der Waals surface area contributed by atoms with Gasteiger partial charge in [0.2, 0.25) is 0 Å². The molecule has 0 aliphatic carbocycles. The van der Waals surface area contributed by atoms with Gasteiger partial charge in [-0.15, -0.1) is 0 Å². The second-order valence-corrected chi connectivity index (χ2v) is 4.50. The van der Waals surface area contributed by atoms with E-state index in [4.69, 9.17) is 9.47 Å². The zero-order valence-electron chi connectivity index (χ0n) is 9.66. The molecule has 1 aliphatic heterocycles. The van der Waals surface area contributed by atoms with Crippen molar-refractivity contribution < 1.29 is 9.47 Å². The van der Waals surface area contributed by atoms with Gasteiger partial charge in [-0.3, -0.25) is 0 Å². The highest BCUT2D eigenvalue weighted by atomic mass is 16.7. The summed E-state index contributed by atoms with van der Waals surface area (Å²) in [4.78, 5) is 2.19. The Bertz CT molecular complexity index is 144. The van der Waals surface area contributed by atoms with Crippen molar-refractivity contribution in [2.24, 2.45) is 5.92 Å².